The van der Waals surface area contributed by atoms with E-state index in [1.54, 1.807) is 0 Å². The van der Waals surface area contributed by atoms with Crippen LogP contribution in [0.5, 0.6) is 0 Å². The molecule has 1 unspecified atom stereocenters. The zero-order valence-corrected chi connectivity index (χ0v) is 10.9. The second-order valence-corrected chi connectivity index (χ2v) is 4.22. The molecule has 1 aromatic carbocycles. The van der Waals surface area contributed by atoms with Crippen LogP contribution in [-0.4, -0.2) is 7.05 Å². The Labute approximate surface area is 103 Å². The van der Waals surface area contributed by atoms with Crippen molar-refractivity contribution in [2.75, 3.05) is 7.05 Å². The molecule has 1 nitrogen and oxygen atoms in total. The summed E-state index contributed by atoms with van der Waals surface area (Å²) in [4.78, 5) is 0. The molecule has 1 rings (SSSR count). The van der Waals surface area contributed by atoms with Gasteiger partial charge < -0.3 is 5.32 Å². The van der Waals surface area contributed by atoms with Gasteiger partial charge in [0.1, 0.15) is 0 Å². The van der Waals surface area contributed by atoms with Crippen molar-refractivity contribution in [2.45, 2.75) is 32.7 Å². The fourth-order valence-electron chi connectivity index (χ4n) is 1.70. The lowest BCUT2D eigenvalue weighted by Crippen LogP contribution is -2.16. The van der Waals surface area contributed by atoms with Crippen molar-refractivity contribution in [1.29, 1.82) is 0 Å². The second-order valence-electron chi connectivity index (χ2n) is 3.82. The molecule has 0 aliphatic heterocycles. The number of nitrogens with one attached hydrogen (secondary N) is 1. The van der Waals surface area contributed by atoms with Gasteiger partial charge in [0.05, 0.1) is 0 Å². The van der Waals surface area contributed by atoms with E-state index in [4.69, 9.17) is 11.6 Å². The van der Waals surface area contributed by atoms with E-state index >= 15 is 0 Å². The van der Waals surface area contributed by atoms with Gasteiger partial charge in [-0.05, 0) is 44.5 Å². The molecule has 0 fully saturated rings. The van der Waals surface area contributed by atoms with Crippen LogP contribution in [-0.2, 0) is 0 Å². The van der Waals surface area contributed by atoms with E-state index < -0.39 is 0 Å². The highest BCUT2D eigenvalue weighted by Crippen LogP contribution is 2.23. The van der Waals surface area contributed by atoms with E-state index in [-0.39, 0.29) is 0 Å². The van der Waals surface area contributed by atoms with Crippen molar-refractivity contribution >= 4 is 11.6 Å². The number of halogens is 1. The summed E-state index contributed by atoms with van der Waals surface area (Å²) in [6.45, 7) is 3.91. The van der Waals surface area contributed by atoms with Crippen LogP contribution in [0.3, 0.4) is 0 Å². The van der Waals surface area contributed by atoms with Gasteiger partial charge in [0.25, 0.3) is 0 Å². The largest absolute Gasteiger partial charge is 0.313 e. The second kappa shape index (κ2) is 6.58. The summed E-state index contributed by atoms with van der Waals surface area (Å²) in [5.41, 5.74) is 2.41. The quantitative estimate of drug-likeness (QED) is 0.785. The molecule has 0 spiro atoms. The highest BCUT2D eigenvalue weighted by atomic mass is 35.5. The number of benzene rings is 1. The Morgan fingerprint density at radius 3 is 2.75 bits per heavy atom. The van der Waals surface area contributed by atoms with Crippen molar-refractivity contribution in [3.63, 3.8) is 0 Å². The number of rotatable bonds is 4. The average molecular weight is 236 g/mol. The maximum absolute atomic E-state index is 6.01. The molecule has 1 aromatic rings. The molecule has 0 bridgehead atoms. The predicted molar refractivity (Wildman–Crippen MR) is 70.7 cm³/mol. The van der Waals surface area contributed by atoms with Crippen LogP contribution >= 0.6 is 11.6 Å². The molecular formula is C14H18ClN. The third kappa shape index (κ3) is 3.56. The van der Waals surface area contributed by atoms with E-state index in [0.29, 0.717) is 6.04 Å². The summed E-state index contributed by atoms with van der Waals surface area (Å²) >= 11 is 6.01. The molecule has 0 saturated carbocycles. The summed E-state index contributed by atoms with van der Waals surface area (Å²) in [6, 6.07) is 6.54. The first-order valence-electron chi connectivity index (χ1n) is 5.52. The number of aryl methyl sites for hydroxylation is 1. The Morgan fingerprint density at radius 1 is 1.44 bits per heavy atom. The van der Waals surface area contributed by atoms with E-state index in [1.165, 1.54) is 5.56 Å². The molecule has 0 saturated heterocycles. The Balaban J connectivity index is 2.77. The molecule has 0 amide bonds. The molecule has 86 valence electrons. The van der Waals surface area contributed by atoms with Crippen molar-refractivity contribution in [3.05, 3.63) is 34.3 Å². The summed E-state index contributed by atoms with van der Waals surface area (Å²) < 4.78 is 0. The topological polar surface area (TPSA) is 12.0 Å². The van der Waals surface area contributed by atoms with Gasteiger partial charge in [-0.3, -0.25) is 0 Å². The first-order chi connectivity index (χ1) is 7.69. The first-order valence-corrected chi connectivity index (χ1v) is 5.89. The minimum absolute atomic E-state index is 0.358. The van der Waals surface area contributed by atoms with Crippen LogP contribution < -0.4 is 5.32 Å². The fraction of sp³-hybridized carbons (Fsp3) is 0.429. The molecule has 0 aromatic heterocycles. The predicted octanol–water partition coefficient (Wildman–Crippen LogP) is 3.71. The SMILES string of the molecule is CC#CCCC(NC)c1ccc(Cl)c(C)c1. The zero-order valence-electron chi connectivity index (χ0n) is 10.1. The van der Waals surface area contributed by atoms with Crippen molar-refractivity contribution in [2.24, 2.45) is 0 Å². The van der Waals surface area contributed by atoms with Crippen LogP contribution in [0.1, 0.15) is 36.9 Å². The molecule has 1 atom stereocenters. The maximum Gasteiger partial charge on any atom is 0.0435 e. The van der Waals surface area contributed by atoms with E-state index in [9.17, 15) is 0 Å². The third-order valence-electron chi connectivity index (χ3n) is 2.67. The summed E-state index contributed by atoms with van der Waals surface area (Å²) in [6.07, 6.45) is 1.95. The minimum atomic E-state index is 0.358. The smallest absolute Gasteiger partial charge is 0.0435 e. The summed E-state index contributed by atoms with van der Waals surface area (Å²) in [5.74, 6) is 6.01. The maximum atomic E-state index is 6.01. The van der Waals surface area contributed by atoms with Gasteiger partial charge in [0.2, 0.25) is 0 Å². The van der Waals surface area contributed by atoms with Gasteiger partial charge in [0.15, 0.2) is 0 Å². The van der Waals surface area contributed by atoms with Crippen molar-refractivity contribution in [3.8, 4) is 11.8 Å². The average Bonchev–Trinajstić information content (AvgIpc) is 2.29. The lowest BCUT2D eigenvalue weighted by atomic mass is 10.0. The van der Waals surface area contributed by atoms with Gasteiger partial charge >= 0.3 is 0 Å². The van der Waals surface area contributed by atoms with Gasteiger partial charge in [-0.2, -0.15) is 0 Å². The van der Waals surface area contributed by atoms with Crippen LogP contribution in [0.4, 0.5) is 0 Å². The number of hydrogen-bond acceptors (Lipinski definition) is 1. The molecule has 2 heteroatoms. The normalized spacial score (nSPS) is 11.8. The van der Waals surface area contributed by atoms with E-state index in [1.807, 2.05) is 27.0 Å². The van der Waals surface area contributed by atoms with Gasteiger partial charge in [-0.1, -0.05) is 23.7 Å². The summed E-state index contributed by atoms with van der Waals surface area (Å²) in [7, 11) is 1.98. The standard InChI is InChI=1S/C14H18ClN/c1-4-5-6-7-14(16-3)12-8-9-13(15)11(2)10-12/h8-10,14,16H,6-7H2,1-3H3. The van der Waals surface area contributed by atoms with E-state index in [0.717, 1.165) is 23.4 Å². The van der Waals surface area contributed by atoms with Crippen molar-refractivity contribution in [1.82, 2.24) is 5.32 Å². The highest BCUT2D eigenvalue weighted by molar-refractivity contribution is 6.31. The molecule has 0 aliphatic rings. The van der Waals surface area contributed by atoms with Gasteiger partial charge in [-0.15, -0.1) is 11.8 Å². The van der Waals surface area contributed by atoms with Crippen LogP contribution in [0, 0.1) is 18.8 Å². The third-order valence-corrected chi connectivity index (χ3v) is 3.09. The Morgan fingerprint density at radius 2 is 2.19 bits per heavy atom. The lowest BCUT2D eigenvalue weighted by molar-refractivity contribution is 0.558. The molecule has 0 aliphatic carbocycles. The lowest BCUT2D eigenvalue weighted by Gasteiger charge is -2.16. The number of hydrogen-bond donors (Lipinski definition) is 1. The molecule has 16 heavy (non-hydrogen) atoms. The first kappa shape index (κ1) is 13.1. The van der Waals surface area contributed by atoms with Crippen LogP contribution in [0.25, 0.3) is 0 Å². The summed E-state index contributed by atoms with van der Waals surface area (Å²) in [5, 5.41) is 4.14. The van der Waals surface area contributed by atoms with Crippen molar-refractivity contribution < 1.29 is 0 Å². The minimum Gasteiger partial charge on any atom is -0.313 e. The zero-order chi connectivity index (χ0) is 12.0. The molecule has 0 radical (unpaired) electrons. The van der Waals surface area contributed by atoms with Gasteiger partial charge in [0, 0.05) is 17.5 Å². The van der Waals surface area contributed by atoms with Crippen LogP contribution in [0.15, 0.2) is 18.2 Å². The monoisotopic (exact) mass is 235 g/mol. The Kier molecular flexibility index (Phi) is 5.38. The fourth-order valence-corrected chi connectivity index (χ4v) is 1.82. The molecular weight excluding hydrogens is 218 g/mol. The van der Waals surface area contributed by atoms with Crippen LogP contribution in [0.2, 0.25) is 5.02 Å². The molecule has 0 heterocycles. The van der Waals surface area contributed by atoms with E-state index in [2.05, 4.69) is 29.3 Å². The molecule has 1 N–H and O–H groups in total. The Hall–Kier alpha value is -0.970. The Bertz CT molecular complexity index is 401. The highest BCUT2D eigenvalue weighted by Gasteiger charge is 2.09. The van der Waals surface area contributed by atoms with Gasteiger partial charge in [-0.25, -0.2) is 0 Å².